The summed E-state index contributed by atoms with van der Waals surface area (Å²) in [5.41, 5.74) is -2.65. The van der Waals surface area contributed by atoms with E-state index in [0.717, 1.165) is 0 Å². The van der Waals surface area contributed by atoms with Crippen LogP contribution in [0, 0.1) is 0 Å². The Morgan fingerprint density at radius 1 is 0.609 bits per heavy atom. The lowest BCUT2D eigenvalue weighted by Crippen LogP contribution is -2.86. The molecule has 0 saturated carbocycles. The van der Waals surface area contributed by atoms with Crippen molar-refractivity contribution in [2.24, 2.45) is 46.7 Å². The summed E-state index contributed by atoms with van der Waals surface area (Å²) in [6.07, 6.45) is 1.23. The van der Waals surface area contributed by atoms with Crippen LogP contribution < -0.4 is 46.7 Å². The fourth-order valence-electron chi connectivity index (χ4n) is 2.59. The lowest BCUT2D eigenvalue weighted by Gasteiger charge is -2.46. The first-order chi connectivity index (χ1) is 10.2. The molecular formula is C10H36N11O2+3. The molecule has 140 valence electrons. The van der Waals surface area contributed by atoms with Crippen LogP contribution in [0.15, 0.2) is 0 Å². The fourth-order valence-corrected chi connectivity index (χ4v) is 2.59. The fraction of sp³-hybridized carbons (Fsp3) is 1.00. The van der Waals surface area contributed by atoms with E-state index in [2.05, 4.69) is 0 Å². The highest BCUT2D eigenvalue weighted by molar-refractivity contribution is 4.65. The zero-order valence-corrected chi connectivity index (χ0v) is 14.6. The molecule has 0 spiro atoms. The average Bonchev–Trinajstić information content (AvgIpc) is 2.39. The molecule has 0 fully saturated rings. The summed E-state index contributed by atoms with van der Waals surface area (Å²) >= 11 is 0. The van der Waals surface area contributed by atoms with E-state index < -0.39 is 26.1 Å². The highest BCUT2D eigenvalue weighted by Crippen LogP contribution is 2.34. The molecule has 0 amide bonds. The Morgan fingerprint density at radius 2 is 0.957 bits per heavy atom. The van der Waals surface area contributed by atoms with E-state index in [0.29, 0.717) is 12.8 Å². The number of quaternary nitrogens is 3. The Morgan fingerprint density at radius 3 is 1.17 bits per heavy atom. The first-order valence-electron chi connectivity index (χ1n) is 7.53. The molecule has 23 heavy (non-hydrogen) atoms. The lowest BCUT2D eigenvalue weighted by atomic mass is 10.1. The Kier molecular flexibility index (Phi) is 7.00. The van der Waals surface area contributed by atoms with Gasteiger partial charge in [-0.3, -0.25) is 0 Å². The van der Waals surface area contributed by atoms with Crippen molar-refractivity contribution >= 4 is 0 Å². The average molecular weight is 342 g/mol. The van der Waals surface area contributed by atoms with Crippen LogP contribution in [-0.4, -0.2) is 26.1 Å². The Balaban J connectivity index is 5.89. The SMILES string of the molecule is CCC(CC)(O[N+](N)(N)C(CC)(CC)O[N+](N)(N)N)[N+](N)(N)N. The third-order valence-corrected chi connectivity index (χ3v) is 4.20. The van der Waals surface area contributed by atoms with Gasteiger partial charge >= 0.3 is 11.4 Å². The van der Waals surface area contributed by atoms with Crippen LogP contribution in [-0.2, 0) is 9.68 Å². The number of nitrogens with zero attached hydrogens (tertiary/aromatic N) is 3. The molecule has 13 nitrogen and oxygen atoms in total. The van der Waals surface area contributed by atoms with Crippen LogP contribution in [0.25, 0.3) is 0 Å². The van der Waals surface area contributed by atoms with E-state index in [1.54, 1.807) is 27.7 Å². The zero-order chi connectivity index (χ0) is 18.7. The molecule has 0 aromatic heterocycles. The molecule has 0 aromatic rings. The van der Waals surface area contributed by atoms with Crippen molar-refractivity contribution in [3.05, 3.63) is 0 Å². The van der Waals surface area contributed by atoms with Crippen molar-refractivity contribution in [2.75, 3.05) is 0 Å². The molecule has 0 bridgehead atoms. The van der Waals surface area contributed by atoms with Gasteiger partial charge in [0.1, 0.15) is 0 Å². The normalized spacial score (nSPS) is 15.1. The van der Waals surface area contributed by atoms with Crippen molar-refractivity contribution in [1.82, 2.24) is 0 Å². The first-order valence-corrected chi connectivity index (χ1v) is 7.53. The van der Waals surface area contributed by atoms with Crippen LogP contribution in [0.3, 0.4) is 0 Å². The summed E-state index contributed by atoms with van der Waals surface area (Å²) < 4.78 is 0. The second-order valence-electron chi connectivity index (χ2n) is 5.80. The van der Waals surface area contributed by atoms with E-state index in [-0.39, 0.29) is 12.8 Å². The van der Waals surface area contributed by atoms with Gasteiger partial charge in [-0.15, -0.1) is 46.7 Å². The third kappa shape index (κ3) is 4.74. The van der Waals surface area contributed by atoms with Crippen LogP contribution in [0.5, 0.6) is 0 Å². The topological polar surface area (TPSA) is 227 Å². The van der Waals surface area contributed by atoms with Crippen LogP contribution in [0.1, 0.15) is 53.4 Å². The molecule has 0 saturated heterocycles. The molecule has 0 heterocycles. The van der Waals surface area contributed by atoms with Gasteiger partial charge in [0.25, 0.3) is 0 Å². The van der Waals surface area contributed by atoms with E-state index >= 15 is 0 Å². The smallest absolute Gasteiger partial charge is 0.139 e. The summed E-state index contributed by atoms with van der Waals surface area (Å²) in [4.78, 5) is 7.99. The predicted molar refractivity (Wildman–Crippen MR) is 83.1 cm³/mol. The molecule has 0 rings (SSSR count). The monoisotopic (exact) mass is 342 g/mol. The van der Waals surface area contributed by atoms with Crippen LogP contribution >= 0.6 is 0 Å². The number of rotatable bonds is 10. The molecule has 13 heteroatoms. The molecular weight excluding hydrogens is 306 g/mol. The summed E-state index contributed by atoms with van der Waals surface area (Å²) in [6.45, 7) is 7.12. The number of nitrogens with two attached hydrogens (primary N) is 8. The maximum atomic E-state index is 6.17. The maximum Gasteiger partial charge on any atom is 0.326 e. The number of hydrogen-bond donors (Lipinski definition) is 8. The molecule has 0 aliphatic rings. The van der Waals surface area contributed by atoms with Gasteiger partial charge in [0, 0.05) is 35.5 Å². The minimum absolute atomic E-state index is 0.283. The minimum atomic E-state index is -1.37. The van der Waals surface area contributed by atoms with Crippen molar-refractivity contribution in [3.8, 4) is 0 Å². The quantitative estimate of drug-likeness (QED) is 0.0887. The molecule has 0 aromatic carbocycles. The van der Waals surface area contributed by atoms with Gasteiger partial charge in [0.15, 0.2) is 0 Å². The molecule has 16 N–H and O–H groups in total. The van der Waals surface area contributed by atoms with Gasteiger partial charge in [-0.05, 0) is 0 Å². The molecule has 0 radical (unpaired) electrons. The minimum Gasteiger partial charge on any atom is -0.139 e. The summed E-state index contributed by atoms with van der Waals surface area (Å²) in [6, 6.07) is 0. The Bertz CT molecular complexity index is 368. The lowest BCUT2D eigenvalue weighted by molar-refractivity contribution is -1.27. The molecule has 0 aliphatic heterocycles. The van der Waals surface area contributed by atoms with Crippen molar-refractivity contribution in [2.45, 2.75) is 64.8 Å². The summed E-state index contributed by atoms with van der Waals surface area (Å²) in [7, 11) is 0. The van der Waals surface area contributed by atoms with Gasteiger partial charge in [-0.25, -0.2) is 0 Å². The number of hydroxylamine groups is 1. The second-order valence-corrected chi connectivity index (χ2v) is 5.80. The van der Waals surface area contributed by atoms with Crippen molar-refractivity contribution in [1.29, 1.82) is 0 Å². The zero-order valence-electron chi connectivity index (χ0n) is 14.6. The van der Waals surface area contributed by atoms with Gasteiger partial charge < -0.3 is 0 Å². The highest BCUT2D eigenvalue weighted by Gasteiger charge is 2.62. The second kappa shape index (κ2) is 7.16. The van der Waals surface area contributed by atoms with Gasteiger partial charge in [0.05, 0.1) is 0 Å². The van der Waals surface area contributed by atoms with Gasteiger partial charge in [0.2, 0.25) is 0 Å². The molecule has 0 aliphatic carbocycles. The summed E-state index contributed by atoms with van der Waals surface area (Å²) in [5.74, 6) is 46.3. The Hall–Kier alpha value is -0.520. The Labute approximate surface area is 137 Å². The largest absolute Gasteiger partial charge is 0.326 e. The first kappa shape index (κ1) is 22.5. The standard InChI is InChI=1S/C10H36N11O2/c1-5-9(6-2,19(11,12)13)22-20(14,15)10(7-3,8-4)23-21(16,17)18/h5-8,11-18H2,1-4H3/q+3. The third-order valence-electron chi connectivity index (χ3n) is 4.20. The molecule has 0 atom stereocenters. The predicted octanol–water partition coefficient (Wildman–Crippen LogP) is -2.68. The van der Waals surface area contributed by atoms with Crippen LogP contribution in [0.4, 0.5) is 0 Å². The van der Waals surface area contributed by atoms with Crippen LogP contribution in [0.2, 0.25) is 0 Å². The van der Waals surface area contributed by atoms with Crippen molar-refractivity contribution in [3.63, 3.8) is 0 Å². The summed E-state index contributed by atoms with van der Waals surface area (Å²) in [5, 5.41) is 0. The van der Waals surface area contributed by atoms with Crippen molar-refractivity contribution < 1.29 is 24.3 Å². The molecule has 0 unspecified atom stereocenters. The maximum absolute atomic E-state index is 6.17. The van der Waals surface area contributed by atoms with Gasteiger partial charge in [-0.2, -0.15) is 0 Å². The van der Waals surface area contributed by atoms with Gasteiger partial charge in [-0.1, -0.05) is 42.2 Å². The number of hydrogen-bond acceptors (Lipinski definition) is 10. The van der Waals surface area contributed by atoms with E-state index in [1.807, 2.05) is 0 Å². The van der Waals surface area contributed by atoms with E-state index in [4.69, 9.17) is 56.4 Å². The highest BCUT2D eigenvalue weighted by atomic mass is 16.9. The van der Waals surface area contributed by atoms with E-state index in [1.165, 1.54) is 0 Å². The van der Waals surface area contributed by atoms with E-state index in [9.17, 15) is 0 Å².